The number of carbonyl (C=O) groups excluding carboxylic acids is 1. The molecule has 0 bridgehead atoms. The topological polar surface area (TPSA) is 62.2 Å². The summed E-state index contributed by atoms with van der Waals surface area (Å²) in [7, 11) is 0. The summed E-state index contributed by atoms with van der Waals surface area (Å²) in [4.78, 5) is 15.1. The first-order chi connectivity index (χ1) is 6.26. The molecule has 0 fully saturated rings. The van der Waals surface area contributed by atoms with Crippen LogP contribution in [-0.4, -0.2) is 16.0 Å². The number of carbonyl (C=O) groups is 1. The minimum Gasteiger partial charge on any atom is -0.390 e. The molecule has 0 aliphatic carbocycles. The van der Waals surface area contributed by atoms with Crippen molar-refractivity contribution in [1.82, 2.24) is 4.98 Å². The van der Waals surface area contributed by atoms with Crippen molar-refractivity contribution < 1.29 is 9.90 Å². The maximum atomic E-state index is 11.1. The highest BCUT2D eigenvalue weighted by Crippen LogP contribution is 2.15. The van der Waals surface area contributed by atoms with Crippen LogP contribution < -0.4 is 5.32 Å². The number of aliphatic hydroxyl groups is 1. The van der Waals surface area contributed by atoms with Crippen molar-refractivity contribution in [2.24, 2.45) is 0 Å². The zero-order valence-electron chi connectivity index (χ0n) is 7.41. The van der Waals surface area contributed by atoms with Crippen LogP contribution in [0, 0.1) is 0 Å². The predicted octanol–water partition coefficient (Wildman–Crippen LogP) is 1.37. The number of nitrogens with one attached hydrogen (secondary N) is 1. The van der Waals surface area contributed by atoms with Gasteiger partial charge >= 0.3 is 0 Å². The monoisotopic (exact) mass is 200 g/mol. The van der Waals surface area contributed by atoms with E-state index in [9.17, 15) is 4.79 Å². The van der Waals surface area contributed by atoms with Crippen molar-refractivity contribution >= 4 is 22.4 Å². The minimum atomic E-state index is -0.0832. The van der Waals surface area contributed by atoms with Crippen LogP contribution in [0.3, 0.4) is 0 Å². The van der Waals surface area contributed by atoms with E-state index in [4.69, 9.17) is 5.11 Å². The number of aliphatic hydroxyl groups excluding tert-OH is 1. The Labute approximate surface area is 80.6 Å². The molecule has 0 aromatic carbocycles. The van der Waals surface area contributed by atoms with E-state index in [0.717, 1.165) is 6.42 Å². The molecule has 1 aromatic rings. The predicted molar refractivity (Wildman–Crippen MR) is 51.6 cm³/mol. The number of hydrogen-bond acceptors (Lipinski definition) is 4. The molecule has 1 rings (SSSR count). The number of anilines is 1. The number of rotatable bonds is 4. The van der Waals surface area contributed by atoms with Crippen LogP contribution in [0.25, 0.3) is 0 Å². The lowest BCUT2D eigenvalue weighted by Crippen LogP contribution is -2.10. The van der Waals surface area contributed by atoms with Gasteiger partial charge in [0.05, 0.1) is 12.3 Å². The first-order valence-corrected chi connectivity index (χ1v) is 4.99. The number of amides is 1. The molecule has 5 heteroatoms. The van der Waals surface area contributed by atoms with Gasteiger partial charge in [0.2, 0.25) is 5.91 Å². The highest BCUT2D eigenvalue weighted by atomic mass is 32.1. The fraction of sp³-hybridized carbons (Fsp3) is 0.500. The molecule has 0 atom stereocenters. The van der Waals surface area contributed by atoms with Crippen molar-refractivity contribution in [2.45, 2.75) is 26.4 Å². The number of aromatic nitrogens is 1. The average molecular weight is 200 g/mol. The van der Waals surface area contributed by atoms with E-state index >= 15 is 0 Å². The molecule has 0 saturated heterocycles. The molecule has 0 spiro atoms. The quantitative estimate of drug-likeness (QED) is 0.771. The maximum Gasteiger partial charge on any atom is 0.226 e. The summed E-state index contributed by atoms with van der Waals surface area (Å²) in [6, 6.07) is 0. The maximum absolute atomic E-state index is 11.1. The molecule has 0 aliphatic rings. The normalized spacial score (nSPS) is 10.0. The third-order valence-corrected chi connectivity index (χ3v) is 2.24. The van der Waals surface area contributed by atoms with E-state index < -0.39 is 0 Å². The standard InChI is InChI=1S/C8H12N2O2S/c1-2-3-7(12)10-8-9-6(4-11)5-13-8/h5,11H,2-4H2,1H3,(H,9,10,12). The second-order valence-corrected chi connectivity index (χ2v) is 3.46. The van der Waals surface area contributed by atoms with Gasteiger partial charge < -0.3 is 10.4 Å². The van der Waals surface area contributed by atoms with Gasteiger partial charge in [-0.05, 0) is 6.42 Å². The van der Waals surface area contributed by atoms with E-state index in [1.165, 1.54) is 11.3 Å². The highest BCUT2D eigenvalue weighted by Gasteiger charge is 2.04. The van der Waals surface area contributed by atoms with E-state index in [0.29, 0.717) is 17.2 Å². The Kier molecular flexibility index (Phi) is 3.85. The summed E-state index contributed by atoms with van der Waals surface area (Å²) in [6.45, 7) is 1.86. The van der Waals surface area contributed by atoms with Gasteiger partial charge in [0.25, 0.3) is 0 Å². The average Bonchev–Trinajstić information content (AvgIpc) is 2.52. The second-order valence-electron chi connectivity index (χ2n) is 2.60. The van der Waals surface area contributed by atoms with Crippen molar-refractivity contribution in [1.29, 1.82) is 0 Å². The van der Waals surface area contributed by atoms with Crippen LogP contribution in [0.2, 0.25) is 0 Å². The molecule has 2 N–H and O–H groups in total. The van der Waals surface area contributed by atoms with E-state index in [1.807, 2.05) is 6.92 Å². The third kappa shape index (κ3) is 3.12. The van der Waals surface area contributed by atoms with E-state index in [2.05, 4.69) is 10.3 Å². The molecule has 1 amide bonds. The van der Waals surface area contributed by atoms with Crippen LogP contribution in [0.15, 0.2) is 5.38 Å². The molecule has 0 radical (unpaired) electrons. The molecule has 4 nitrogen and oxygen atoms in total. The van der Waals surface area contributed by atoms with Crippen molar-refractivity contribution in [3.8, 4) is 0 Å². The smallest absolute Gasteiger partial charge is 0.226 e. The number of nitrogens with zero attached hydrogens (tertiary/aromatic N) is 1. The van der Waals surface area contributed by atoms with Crippen LogP contribution in [0.4, 0.5) is 5.13 Å². The first kappa shape index (κ1) is 10.1. The molecule has 1 aromatic heterocycles. The van der Waals surface area contributed by atoms with Crippen LogP contribution in [-0.2, 0) is 11.4 Å². The summed E-state index contributed by atoms with van der Waals surface area (Å²) in [5.41, 5.74) is 0.594. The number of hydrogen-bond donors (Lipinski definition) is 2. The van der Waals surface area contributed by atoms with Crippen molar-refractivity contribution in [3.63, 3.8) is 0 Å². The Morgan fingerprint density at radius 2 is 2.54 bits per heavy atom. The third-order valence-electron chi connectivity index (χ3n) is 1.44. The first-order valence-electron chi connectivity index (χ1n) is 4.11. The van der Waals surface area contributed by atoms with Gasteiger partial charge in [-0.25, -0.2) is 4.98 Å². The Morgan fingerprint density at radius 3 is 3.08 bits per heavy atom. The Hall–Kier alpha value is -0.940. The zero-order chi connectivity index (χ0) is 9.68. The Morgan fingerprint density at radius 1 is 1.77 bits per heavy atom. The summed E-state index contributed by atoms with van der Waals surface area (Å²) in [6.07, 6.45) is 1.33. The Balaban J connectivity index is 2.49. The van der Waals surface area contributed by atoms with Gasteiger partial charge in [-0.2, -0.15) is 0 Å². The molecule has 1 heterocycles. The summed E-state index contributed by atoms with van der Waals surface area (Å²) < 4.78 is 0. The van der Waals surface area contributed by atoms with Crippen LogP contribution >= 0.6 is 11.3 Å². The molecule has 0 unspecified atom stereocenters. The lowest BCUT2D eigenvalue weighted by atomic mass is 10.3. The van der Waals surface area contributed by atoms with Gasteiger partial charge in [-0.15, -0.1) is 11.3 Å². The zero-order valence-corrected chi connectivity index (χ0v) is 8.23. The van der Waals surface area contributed by atoms with E-state index in [-0.39, 0.29) is 12.5 Å². The summed E-state index contributed by atoms with van der Waals surface area (Å²) >= 11 is 1.33. The lowest BCUT2D eigenvalue weighted by molar-refractivity contribution is -0.116. The molecule has 0 aliphatic heterocycles. The minimum absolute atomic E-state index is 0.0265. The van der Waals surface area contributed by atoms with E-state index in [1.54, 1.807) is 5.38 Å². The molecule has 0 saturated carbocycles. The Bertz CT molecular complexity index is 285. The fourth-order valence-electron chi connectivity index (χ4n) is 0.846. The molecule has 72 valence electrons. The summed E-state index contributed by atoms with van der Waals surface area (Å²) in [5, 5.41) is 13.7. The molecular weight excluding hydrogens is 188 g/mol. The van der Waals surface area contributed by atoms with Crippen molar-refractivity contribution in [3.05, 3.63) is 11.1 Å². The molecule has 13 heavy (non-hydrogen) atoms. The largest absolute Gasteiger partial charge is 0.390 e. The SMILES string of the molecule is CCCC(=O)Nc1nc(CO)cs1. The van der Waals surface area contributed by atoms with Crippen LogP contribution in [0.5, 0.6) is 0 Å². The van der Waals surface area contributed by atoms with Gasteiger partial charge in [0, 0.05) is 11.8 Å². The lowest BCUT2D eigenvalue weighted by Gasteiger charge is -1.97. The fourth-order valence-corrected chi connectivity index (χ4v) is 1.56. The number of thiazole rings is 1. The summed E-state index contributed by atoms with van der Waals surface area (Å²) in [5.74, 6) is -0.0265. The van der Waals surface area contributed by atoms with Crippen LogP contribution in [0.1, 0.15) is 25.5 Å². The van der Waals surface area contributed by atoms with Gasteiger partial charge in [0.15, 0.2) is 5.13 Å². The molecular formula is C8H12N2O2S. The van der Waals surface area contributed by atoms with Gasteiger partial charge in [0.1, 0.15) is 0 Å². The van der Waals surface area contributed by atoms with Gasteiger partial charge in [-0.3, -0.25) is 4.79 Å². The van der Waals surface area contributed by atoms with Gasteiger partial charge in [-0.1, -0.05) is 6.92 Å². The highest BCUT2D eigenvalue weighted by molar-refractivity contribution is 7.13. The second kappa shape index (κ2) is 4.94. The van der Waals surface area contributed by atoms with Crippen molar-refractivity contribution in [2.75, 3.05) is 5.32 Å².